The van der Waals surface area contributed by atoms with E-state index in [-0.39, 0.29) is 35.4 Å². The summed E-state index contributed by atoms with van der Waals surface area (Å²) in [6.45, 7) is 9.98. The number of piperidine rings is 1. The van der Waals surface area contributed by atoms with Crippen molar-refractivity contribution in [1.29, 1.82) is 0 Å². The number of hydrogen-bond acceptors (Lipinski definition) is 4. The number of benzene rings is 1. The molecule has 0 radical (unpaired) electrons. The van der Waals surface area contributed by atoms with E-state index in [0.29, 0.717) is 6.42 Å². The lowest BCUT2D eigenvalue weighted by molar-refractivity contribution is -0.309. The number of amides is 1. The Balaban J connectivity index is 1.79. The number of carbonyl (C=O) groups is 1. The third-order valence-electron chi connectivity index (χ3n) is 6.12. The zero-order chi connectivity index (χ0) is 18.9. The van der Waals surface area contributed by atoms with Gasteiger partial charge < -0.3 is 14.8 Å². The van der Waals surface area contributed by atoms with E-state index in [1.807, 2.05) is 6.07 Å². The van der Waals surface area contributed by atoms with Crippen LogP contribution in [0.5, 0.6) is 0 Å². The van der Waals surface area contributed by atoms with Crippen LogP contribution in [0.25, 0.3) is 0 Å². The van der Waals surface area contributed by atoms with Gasteiger partial charge in [-0.15, -0.1) is 0 Å². The quantitative estimate of drug-likeness (QED) is 0.897. The van der Waals surface area contributed by atoms with Gasteiger partial charge in [0.25, 0.3) is 0 Å². The number of rotatable bonds is 4. The summed E-state index contributed by atoms with van der Waals surface area (Å²) in [4.78, 5) is 14.4. The van der Waals surface area contributed by atoms with Crippen molar-refractivity contribution in [2.75, 3.05) is 13.6 Å². The van der Waals surface area contributed by atoms with Crippen molar-refractivity contribution < 1.29 is 14.3 Å². The molecule has 26 heavy (non-hydrogen) atoms. The number of likely N-dealkylation sites (tertiary alicyclic amines) is 1. The summed E-state index contributed by atoms with van der Waals surface area (Å²) in [6.07, 6.45) is 1.35. The average molecular weight is 360 g/mol. The molecule has 2 saturated heterocycles. The maximum Gasteiger partial charge on any atom is 0.221 e. The summed E-state index contributed by atoms with van der Waals surface area (Å²) in [6, 6.07) is 10.6. The van der Waals surface area contributed by atoms with Gasteiger partial charge in [-0.25, -0.2) is 0 Å². The fraction of sp³-hybridized carbons (Fsp3) is 0.667. The van der Waals surface area contributed by atoms with Crippen LogP contribution in [0.3, 0.4) is 0 Å². The summed E-state index contributed by atoms with van der Waals surface area (Å²) in [5, 5.41) is 2.76. The monoisotopic (exact) mass is 360 g/mol. The smallest absolute Gasteiger partial charge is 0.221 e. The highest BCUT2D eigenvalue weighted by Gasteiger charge is 2.52. The third kappa shape index (κ3) is 3.95. The first-order chi connectivity index (χ1) is 12.2. The first kappa shape index (κ1) is 19.3. The van der Waals surface area contributed by atoms with E-state index >= 15 is 0 Å². The molecular weight excluding hydrogens is 328 g/mol. The Labute approximate surface area is 157 Å². The molecular formula is C21H32N2O3. The highest BCUT2D eigenvalue weighted by atomic mass is 16.6. The number of nitrogens with zero attached hydrogens (tertiary/aromatic N) is 1. The number of nitrogens with one attached hydrogen (secondary N) is 1. The van der Waals surface area contributed by atoms with Gasteiger partial charge in [0.15, 0.2) is 0 Å². The second-order valence-electron chi connectivity index (χ2n) is 8.52. The molecule has 3 unspecified atom stereocenters. The number of ether oxygens (including phenoxy) is 2. The first-order valence-electron chi connectivity index (χ1n) is 9.56. The molecule has 2 aliphatic heterocycles. The largest absolute Gasteiger partial charge is 0.367 e. The SMILES string of the molecule is CNC(=O)CC1CC2OC(C)(C)C(C)(C)OC2CN1Cc1ccccc1. The van der Waals surface area contributed by atoms with E-state index in [1.165, 1.54) is 5.56 Å². The van der Waals surface area contributed by atoms with E-state index in [4.69, 9.17) is 9.47 Å². The van der Waals surface area contributed by atoms with Gasteiger partial charge in [-0.3, -0.25) is 9.69 Å². The van der Waals surface area contributed by atoms with Crippen molar-refractivity contribution in [3.8, 4) is 0 Å². The summed E-state index contributed by atoms with van der Waals surface area (Å²) < 4.78 is 12.9. The molecule has 3 rings (SSSR count). The van der Waals surface area contributed by atoms with Gasteiger partial charge in [0.05, 0.1) is 23.4 Å². The molecule has 0 bridgehead atoms. The molecule has 1 N–H and O–H groups in total. The molecule has 2 fully saturated rings. The predicted octanol–water partition coefficient (Wildman–Crippen LogP) is 2.74. The van der Waals surface area contributed by atoms with Gasteiger partial charge in [0.2, 0.25) is 5.91 Å². The van der Waals surface area contributed by atoms with Crippen LogP contribution in [0, 0.1) is 0 Å². The normalized spacial score (nSPS) is 30.4. The Morgan fingerprint density at radius 2 is 1.73 bits per heavy atom. The van der Waals surface area contributed by atoms with Gasteiger partial charge in [-0.05, 0) is 39.7 Å². The Hall–Kier alpha value is -1.43. The van der Waals surface area contributed by atoms with Crippen molar-refractivity contribution in [3.63, 3.8) is 0 Å². The van der Waals surface area contributed by atoms with Crippen molar-refractivity contribution in [1.82, 2.24) is 10.2 Å². The van der Waals surface area contributed by atoms with E-state index in [2.05, 4.69) is 62.2 Å². The van der Waals surface area contributed by atoms with Crippen molar-refractivity contribution in [3.05, 3.63) is 35.9 Å². The number of fused-ring (bicyclic) bond motifs is 1. The Bertz CT molecular complexity index is 629. The van der Waals surface area contributed by atoms with Crippen LogP contribution in [-0.4, -0.2) is 53.9 Å². The van der Waals surface area contributed by atoms with Gasteiger partial charge in [0.1, 0.15) is 0 Å². The molecule has 0 saturated carbocycles. The maximum atomic E-state index is 12.1. The van der Waals surface area contributed by atoms with Gasteiger partial charge in [-0.1, -0.05) is 30.3 Å². The average Bonchev–Trinajstić information content (AvgIpc) is 2.57. The number of carbonyl (C=O) groups excluding carboxylic acids is 1. The fourth-order valence-corrected chi connectivity index (χ4v) is 3.88. The zero-order valence-corrected chi connectivity index (χ0v) is 16.6. The summed E-state index contributed by atoms with van der Waals surface area (Å²) >= 11 is 0. The Morgan fingerprint density at radius 3 is 2.35 bits per heavy atom. The molecule has 144 valence electrons. The van der Waals surface area contributed by atoms with Crippen LogP contribution < -0.4 is 5.32 Å². The molecule has 0 aliphatic carbocycles. The maximum absolute atomic E-state index is 12.1. The zero-order valence-electron chi connectivity index (χ0n) is 16.6. The van der Waals surface area contributed by atoms with Crippen molar-refractivity contribution in [2.24, 2.45) is 0 Å². The van der Waals surface area contributed by atoms with Gasteiger partial charge in [0, 0.05) is 32.6 Å². The lowest BCUT2D eigenvalue weighted by Crippen LogP contribution is -2.66. The molecule has 1 aromatic carbocycles. The topological polar surface area (TPSA) is 50.8 Å². The van der Waals surface area contributed by atoms with Gasteiger partial charge in [-0.2, -0.15) is 0 Å². The second-order valence-corrected chi connectivity index (χ2v) is 8.52. The molecule has 0 spiro atoms. The van der Waals surface area contributed by atoms with Gasteiger partial charge >= 0.3 is 0 Å². The summed E-state index contributed by atoms with van der Waals surface area (Å²) in [7, 11) is 1.70. The molecule has 1 amide bonds. The third-order valence-corrected chi connectivity index (χ3v) is 6.12. The molecule has 3 atom stereocenters. The first-order valence-corrected chi connectivity index (χ1v) is 9.56. The molecule has 2 aliphatic rings. The minimum absolute atomic E-state index is 0.0275. The lowest BCUT2D eigenvalue weighted by Gasteiger charge is -2.56. The van der Waals surface area contributed by atoms with Crippen LogP contribution in [-0.2, 0) is 20.8 Å². The highest BCUT2D eigenvalue weighted by molar-refractivity contribution is 5.76. The standard InChI is InChI=1S/C21H32N2O3/c1-20(2)21(3,4)26-18-14-23(13-15-9-7-6-8-10-15)16(11-17(18)25-20)12-19(24)22-5/h6-10,16-18H,11-14H2,1-5H3,(H,22,24). The molecule has 0 aromatic heterocycles. The van der Waals surface area contributed by atoms with Crippen LogP contribution in [0.15, 0.2) is 30.3 Å². The van der Waals surface area contributed by atoms with Crippen LogP contribution in [0.1, 0.15) is 46.1 Å². The van der Waals surface area contributed by atoms with E-state index in [0.717, 1.165) is 19.5 Å². The van der Waals surface area contributed by atoms with Crippen molar-refractivity contribution >= 4 is 5.91 Å². The Kier molecular flexibility index (Phi) is 5.42. The van der Waals surface area contributed by atoms with Crippen LogP contribution >= 0.6 is 0 Å². The number of hydrogen-bond donors (Lipinski definition) is 1. The molecule has 5 nitrogen and oxygen atoms in total. The van der Waals surface area contributed by atoms with Crippen LogP contribution in [0.2, 0.25) is 0 Å². The van der Waals surface area contributed by atoms with E-state index < -0.39 is 0 Å². The van der Waals surface area contributed by atoms with Crippen LogP contribution in [0.4, 0.5) is 0 Å². The van der Waals surface area contributed by atoms with Crippen molar-refractivity contribution in [2.45, 2.75) is 76.5 Å². The highest BCUT2D eigenvalue weighted by Crippen LogP contribution is 2.41. The predicted molar refractivity (Wildman–Crippen MR) is 102 cm³/mol. The molecule has 1 aromatic rings. The fourth-order valence-electron chi connectivity index (χ4n) is 3.88. The summed E-state index contributed by atoms with van der Waals surface area (Å²) in [5.41, 5.74) is 0.553. The lowest BCUT2D eigenvalue weighted by atomic mass is 9.84. The molecule has 5 heteroatoms. The minimum atomic E-state index is -0.354. The minimum Gasteiger partial charge on any atom is -0.367 e. The Morgan fingerprint density at radius 1 is 1.12 bits per heavy atom. The summed E-state index contributed by atoms with van der Waals surface area (Å²) in [5.74, 6) is 0.0721. The molecule has 2 heterocycles. The van der Waals surface area contributed by atoms with E-state index in [1.54, 1.807) is 7.05 Å². The second kappa shape index (κ2) is 7.29. The van der Waals surface area contributed by atoms with E-state index in [9.17, 15) is 4.79 Å².